The van der Waals surface area contributed by atoms with Crippen LogP contribution < -0.4 is 0 Å². The monoisotopic (exact) mass is 204 g/mol. The van der Waals surface area contributed by atoms with Gasteiger partial charge in [0, 0.05) is 11.1 Å². The van der Waals surface area contributed by atoms with Gasteiger partial charge in [0.25, 0.3) is 0 Å². The lowest BCUT2D eigenvalue weighted by Crippen LogP contribution is -2.15. The van der Waals surface area contributed by atoms with E-state index in [9.17, 15) is 9.90 Å². The number of carbonyl (C=O) groups is 1. The van der Waals surface area contributed by atoms with Crippen molar-refractivity contribution in [3.05, 3.63) is 11.1 Å². The Morgan fingerprint density at radius 1 is 1.54 bits per heavy atom. The van der Waals surface area contributed by atoms with Crippen molar-refractivity contribution >= 4 is 17.4 Å². The quantitative estimate of drug-likeness (QED) is 0.534. The van der Waals surface area contributed by atoms with Crippen LogP contribution in [0.4, 0.5) is 0 Å². The van der Waals surface area contributed by atoms with E-state index in [1.807, 2.05) is 0 Å². The van der Waals surface area contributed by atoms with Gasteiger partial charge in [-0.15, -0.1) is 0 Å². The fourth-order valence-electron chi connectivity index (χ4n) is 1.13. The minimum Gasteiger partial charge on any atom is -0.388 e. The highest BCUT2D eigenvalue weighted by Gasteiger charge is 2.13. The highest BCUT2D eigenvalue weighted by Crippen LogP contribution is 2.13. The largest absolute Gasteiger partial charge is 0.388 e. The molecule has 3 heteroatoms. The third-order valence-corrected chi connectivity index (χ3v) is 2.20. The van der Waals surface area contributed by atoms with Gasteiger partial charge in [-0.2, -0.15) is 0 Å². The SMILES string of the molecule is CCCCCC(O)/C(=C\Cl)C(C)=O. The molecule has 0 aliphatic carbocycles. The fourth-order valence-corrected chi connectivity index (χ4v) is 1.43. The van der Waals surface area contributed by atoms with E-state index in [0.29, 0.717) is 12.0 Å². The number of aliphatic hydroxyl groups excluding tert-OH is 1. The molecular formula is C10H17ClO2. The summed E-state index contributed by atoms with van der Waals surface area (Å²) in [5.74, 6) is -0.154. The first-order valence-corrected chi connectivity index (χ1v) is 5.06. The minimum absolute atomic E-state index is 0.154. The third kappa shape index (κ3) is 5.06. The van der Waals surface area contributed by atoms with Crippen molar-refractivity contribution in [2.24, 2.45) is 0 Å². The van der Waals surface area contributed by atoms with Crippen molar-refractivity contribution in [3.8, 4) is 0 Å². The van der Waals surface area contributed by atoms with E-state index in [4.69, 9.17) is 11.6 Å². The second-order valence-corrected chi connectivity index (χ2v) is 3.35. The van der Waals surface area contributed by atoms with E-state index in [2.05, 4.69) is 6.92 Å². The normalized spacial score (nSPS) is 14.3. The molecule has 76 valence electrons. The third-order valence-electron chi connectivity index (χ3n) is 1.96. The Morgan fingerprint density at radius 2 is 2.15 bits per heavy atom. The molecule has 0 aromatic rings. The standard InChI is InChI=1S/C10H17ClO2/c1-3-4-5-6-10(13)9(7-11)8(2)12/h7,10,13H,3-6H2,1-2H3/b9-7-. The molecule has 2 nitrogen and oxygen atoms in total. The average molecular weight is 205 g/mol. The average Bonchev–Trinajstić information content (AvgIpc) is 2.05. The zero-order valence-electron chi connectivity index (χ0n) is 8.22. The summed E-state index contributed by atoms with van der Waals surface area (Å²) < 4.78 is 0. The summed E-state index contributed by atoms with van der Waals surface area (Å²) in [5.41, 5.74) is 1.50. The predicted molar refractivity (Wildman–Crippen MR) is 54.8 cm³/mol. The van der Waals surface area contributed by atoms with E-state index < -0.39 is 6.10 Å². The van der Waals surface area contributed by atoms with Gasteiger partial charge in [0.1, 0.15) is 0 Å². The highest BCUT2D eigenvalue weighted by atomic mass is 35.5. The molecule has 0 spiro atoms. The molecule has 0 saturated heterocycles. The van der Waals surface area contributed by atoms with Crippen LogP contribution in [-0.2, 0) is 4.79 Å². The number of ketones is 1. The highest BCUT2D eigenvalue weighted by molar-refractivity contribution is 6.27. The van der Waals surface area contributed by atoms with Gasteiger partial charge in [-0.25, -0.2) is 0 Å². The maximum atomic E-state index is 10.9. The Kier molecular flexibility index (Phi) is 6.92. The number of unbranched alkanes of at least 4 members (excludes halogenated alkanes) is 2. The van der Waals surface area contributed by atoms with Gasteiger partial charge in [-0.05, 0) is 13.3 Å². The van der Waals surface area contributed by atoms with E-state index in [1.54, 1.807) is 0 Å². The molecule has 0 radical (unpaired) electrons. The summed E-state index contributed by atoms with van der Waals surface area (Å²) in [6.45, 7) is 3.51. The van der Waals surface area contributed by atoms with Crippen LogP contribution in [-0.4, -0.2) is 17.0 Å². The summed E-state index contributed by atoms with van der Waals surface area (Å²) in [6.07, 6.45) is 3.03. The van der Waals surface area contributed by atoms with Crippen LogP contribution in [0.25, 0.3) is 0 Å². The summed E-state index contributed by atoms with van der Waals surface area (Å²) in [5, 5.41) is 9.53. The van der Waals surface area contributed by atoms with Gasteiger partial charge in [-0.3, -0.25) is 4.79 Å². The van der Waals surface area contributed by atoms with Crippen molar-refractivity contribution < 1.29 is 9.90 Å². The maximum Gasteiger partial charge on any atom is 0.159 e. The van der Waals surface area contributed by atoms with Crippen molar-refractivity contribution in [2.75, 3.05) is 0 Å². The van der Waals surface area contributed by atoms with E-state index >= 15 is 0 Å². The molecule has 13 heavy (non-hydrogen) atoms. The Labute approximate surface area is 84.6 Å². The van der Waals surface area contributed by atoms with E-state index in [0.717, 1.165) is 19.3 Å². The molecule has 0 rings (SSSR count). The smallest absolute Gasteiger partial charge is 0.159 e. The van der Waals surface area contributed by atoms with Gasteiger partial charge in [0.05, 0.1) is 6.10 Å². The van der Waals surface area contributed by atoms with E-state index in [-0.39, 0.29) is 5.78 Å². The van der Waals surface area contributed by atoms with E-state index in [1.165, 1.54) is 12.5 Å². The lowest BCUT2D eigenvalue weighted by atomic mass is 10.0. The number of halogens is 1. The van der Waals surface area contributed by atoms with Crippen LogP contribution in [0.1, 0.15) is 39.5 Å². The van der Waals surface area contributed by atoms with Crippen molar-refractivity contribution in [1.82, 2.24) is 0 Å². The van der Waals surface area contributed by atoms with Gasteiger partial charge in [0.15, 0.2) is 5.78 Å². The first-order valence-electron chi connectivity index (χ1n) is 4.62. The Bertz CT molecular complexity index is 187. The maximum absolute atomic E-state index is 10.9. The first-order chi connectivity index (χ1) is 6.13. The molecule has 1 atom stereocenters. The number of aliphatic hydroxyl groups is 1. The number of rotatable bonds is 6. The molecule has 0 aromatic heterocycles. The summed E-state index contributed by atoms with van der Waals surface area (Å²) in [6, 6.07) is 0. The van der Waals surface area contributed by atoms with Crippen LogP contribution in [0.15, 0.2) is 11.1 Å². The topological polar surface area (TPSA) is 37.3 Å². The number of hydrogen-bond acceptors (Lipinski definition) is 2. The minimum atomic E-state index is -0.693. The van der Waals surface area contributed by atoms with Crippen LogP contribution in [0.2, 0.25) is 0 Å². The predicted octanol–water partition coefficient (Wildman–Crippen LogP) is 2.64. The molecule has 0 aromatic carbocycles. The molecule has 0 saturated carbocycles. The molecule has 0 fully saturated rings. The van der Waals surface area contributed by atoms with Crippen LogP contribution >= 0.6 is 11.6 Å². The van der Waals surface area contributed by atoms with Gasteiger partial charge in [-0.1, -0.05) is 37.8 Å². The second kappa shape index (κ2) is 7.10. The van der Waals surface area contributed by atoms with Crippen LogP contribution in [0, 0.1) is 0 Å². The first kappa shape index (κ1) is 12.7. The number of Topliss-reactive ketones (excluding diaryl/α,β-unsaturated/α-hetero) is 1. The second-order valence-electron chi connectivity index (χ2n) is 3.13. The number of hydrogen-bond donors (Lipinski definition) is 1. The fraction of sp³-hybridized carbons (Fsp3) is 0.700. The number of carbonyl (C=O) groups excluding carboxylic acids is 1. The molecule has 1 N–H and O–H groups in total. The molecule has 0 amide bonds. The van der Waals surface area contributed by atoms with Gasteiger partial charge < -0.3 is 5.11 Å². The molecule has 0 aliphatic rings. The van der Waals surface area contributed by atoms with Crippen molar-refractivity contribution in [1.29, 1.82) is 0 Å². The summed E-state index contributed by atoms with van der Waals surface area (Å²) in [7, 11) is 0. The molecular weight excluding hydrogens is 188 g/mol. The van der Waals surface area contributed by atoms with Gasteiger partial charge in [0.2, 0.25) is 0 Å². The zero-order valence-corrected chi connectivity index (χ0v) is 8.97. The molecule has 1 unspecified atom stereocenters. The summed E-state index contributed by atoms with van der Waals surface area (Å²) in [4.78, 5) is 10.9. The lowest BCUT2D eigenvalue weighted by Gasteiger charge is -2.10. The van der Waals surface area contributed by atoms with Crippen molar-refractivity contribution in [2.45, 2.75) is 45.6 Å². The van der Waals surface area contributed by atoms with Gasteiger partial charge >= 0.3 is 0 Å². The Balaban J connectivity index is 3.93. The molecule has 0 bridgehead atoms. The Hall–Kier alpha value is -0.340. The molecule has 0 aliphatic heterocycles. The summed E-state index contributed by atoms with van der Waals surface area (Å²) >= 11 is 5.43. The zero-order chi connectivity index (χ0) is 10.3. The van der Waals surface area contributed by atoms with Crippen LogP contribution in [0.3, 0.4) is 0 Å². The van der Waals surface area contributed by atoms with Crippen molar-refractivity contribution in [3.63, 3.8) is 0 Å². The van der Waals surface area contributed by atoms with Crippen LogP contribution in [0.5, 0.6) is 0 Å². The Morgan fingerprint density at radius 3 is 2.54 bits per heavy atom. The lowest BCUT2D eigenvalue weighted by molar-refractivity contribution is -0.114. The molecule has 0 heterocycles.